The third-order valence-corrected chi connectivity index (χ3v) is 5.04. The Morgan fingerprint density at radius 2 is 1.69 bits per heavy atom. The normalized spacial score (nSPS) is 11.5. The van der Waals surface area contributed by atoms with Gasteiger partial charge >= 0.3 is 6.18 Å². The molecule has 0 amide bonds. The smallest absolute Gasteiger partial charge is 0.352 e. The first kappa shape index (κ1) is 21.5. The molecule has 9 heteroatoms. The van der Waals surface area contributed by atoms with Crippen LogP contribution in [-0.4, -0.2) is 32.2 Å². The fourth-order valence-corrected chi connectivity index (χ4v) is 3.62. The quantitative estimate of drug-likeness (QED) is 0.420. The largest absolute Gasteiger partial charge is 0.419 e. The highest BCUT2D eigenvalue weighted by molar-refractivity contribution is 5.80. The van der Waals surface area contributed by atoms with Gasteiger partial charge in [0.25, 0.3) is 0 Å². The molecule has 0 saturated heterocycles. The zero-order valence-corrected chi connectivity index (χ0v) is 17.3. The van der Waals surface area contributed by atoms with Crippen molar-refractivity contribution in [2.75, 3.05) is 11.4 Å². The summed E-state index contributed by atoms with van der Waals surface area (Å²) < 4.78 is 40.5. The monoisotopic (exact) mass is 438 g/mol. The first-order valence-corrected chi connectivity index (χ1v) is 10.2. The van der Waals surface area contributed by atoms with Gasteiger partial charge in [-0.1, -0.05) is 55.5 Å². The van der Waals surface area contributed by atoms with Gasteiger partial charge in [0.1, 0.15) is 5.82 Å². The molecule has 164 valence electrons. The molecule has 2 heterocycles. The number of alkyl halides is 3. The van der Waals surface area contributed by atoms with Gasteiger partial charge in [0.05, 0.1) is 5.56 Å². The number of pyridine rings is 1. The van der Waals surface area contributed by atoms with Crippen LogP contribution in [0.4, 0.5) is 19.0 Å². The molecule has 4 rings (SSSR count). The van der Waals surface area contributed by atoms with Crippen LogP contribution in [0.15, 0.2) is 66.9 Å². The fraction of sp³-hybridized carbons (Fsp3) is 0.217. The summed E-state index contributed by atoms with van der Waals surface area (Å²) in [6.07, 6.45) is -2.37. The summed E-state index contributed by atoms with van der Waals surface area (Å²) in [7, 11) is 0. The molecule has 1 N–H and O–H groups in total. The Morgan fingerprint density at radius 3 is 2.34 bits per heavy atom. The van der Waals surface area contributed by atoms with Crippen LogP contribution in [0.5, 0.6) is 0 Å². The number of rotatable bonds is 7. The lowest BCUT2D eigenvalue weighted by Gasteiger charge is -2.26. The van der Waals surface area contributed by atoms with E-state index in [2.05, 4.69) is 25.6 Å². The van der Waals surface area contributed by atoms with Crippen LogP contribution in [0.3, 0.4) is 0 Å². The fourth-order valence-electron chi connectivity index (χ4n) is 3.62. The van der Waals surface area contributed by atoms with E-state index in [1.165, 1.54) is 12.3 Å². The van der Waals surface area contributed by atoms with Gasteiger partial charge in [-0.3, -0.25) is 0 Å². The molecule has 0 aliphatic heterocycles. The number of hydrogen-bond donors (Lipinski definition) is 1. The number of nitrogens with one attached hydrogen (secondary N) is 1. The Labute approximate surface area is 183 Å². The Hall–Kier alpha value is -3.75. The second-order valence-corrected chi connectivity index (χ2v) is 7.27. The van der Waals surface area contributed by atoms with Crippen molar-refractivity contribution in [3.8, 4) is 22.5 Å². The van der Waals surface area contributed by atoms with Crippen molar-refractivity contribution in [3.05, 3.63) is 78.0 Å². The van der Waals surface area contributed by atoms with E-state index in [1.54, 1.807) is 4.90 Å². The van der Waals surface area contributed by atoms with Gasteiger partial charge < -0.3 is 4.90 Å². The number of benzene rings is 2. The van der Waals surface area contributed by atoms with Crippen LogP contribution in [0.1, 0.15) is 24.5 Å². The molecular weight excluding hydrogens is 417 g/mol. The summed E-state index contributed by atoms with van der Waals surface area (Å²) in [6, 6.07) is 17.8. The Balaban J connectivity index is 1.62. The van der Waals surface area contributed by atoms with Crippen LogP contribution in [-0.2, 0) is 12.7 Å². The summed E-state index contributed by atoms with van der Waals surface area (Å²) in [6.45, 7) is 2.71. The molecule has 0 aliphatic rings. The van der Waals surface area contributed by atoms with Crippen molar-refractivity contribution >= 4 is 5.82 Å². The molecule has 6 nitrogen and oxygen atoms in total. The number of anilines is 1. The van der Waals surface area contributed by atoms with E-state index in [-0.39, 0.29) is 5.82 Å². The highest BCUT2D eigenvalue weighted by Crippen LogP contribution is 2.36. The van der Waals surface area contributed by atoms with E-state index in [9.17, 15) is 13.2 Å². The van der Waals surface area contributed by atoms with Crippen LogP contribution in [0.2, 0.25) is 0 Å². The second kappa shape index (κ2) is 9.17. The van der Waals surface area contributed by atoms with Gasteiger partial charge in [0, 0.05) is 24.8 Å². The maximum absolute atomic E-state index is 13.5. The van der Waals surface area contributed by atoms with E-state index in [4.69, 9.17) is 0 Å². The van der Waals surface area contributed by atoms with E-state index in [0.717, 1.165) is 28.3 Å². The molecule has 0 radical (unpaired) electrons. The molecule has 0 unspecified atom stereocenters. The van der Waals surface area contributed by atoms with Crippen LogP contribution < -0.4 is 4.90 Å². The van der Waals surface area contributed by atoms with Crippen LogP contribution >= 0.6 is 0 Å². The maximum atomic E-state index is 13.5. The molecule has 0 aliphatic carbocycles. The predicted molar refractivity (Wildman–Crippen MR) is 116 cm³/mol. The molecule has 0 spiro atoms. The van der Waals surface area contributed by atoms with Crippen LogP contribution in [0, 0.1) is 0 Å². The van der Waals surface area contributed by atoms with Crippen molar-refractivity contribution in [1.29, 1.82) is 0 Å². The number of nitrogens with zero attached hydrogens (tertiary/aromatic N) is 5. The van der Waals surface area contributed by atoms with Gasteiger partial charge in [-0.05, 0) is 40.5 Å². The van der Waals surface area contributed by atoms with E-state index < -0.39 is 11.7 Å². The number of H-pyrrole nitrogens is 1. The van der Waals surface area contributed by atoms with E-state index >= 15 is 0 Å². The third-order valence-electron chi connectivity index (χ3n) is 5.04. The molecule has 2 aromatic heterocycles. The summed E-state index contributed by atoms with van der Waals surface area (Å²) in [5, 5.41) is 14.2. The van der Waals surface area contributed by atoms with Gasteiger partial charge in [-0.25, -0.2) is 4.98 Å². The zero-order chi connectivity index (χ0) is 22.6. The van der Waals surface area contributed by atoms with Crippen molar-refractivity contribution in [3.63, 3.8) is 0 Å². The van der Waals surface area contributed by atoms with Crippen molar-refractivity contribution in [2.24, 2.45) is 0 Å². The average Bonchev–Trinajstić information content (AvgIpc) is 3.34. The number of hydrogen-bond acceptors (Lipinski definition) is 5. The van der Waals surface area contributed by atoms with Gasteiger partial charge in [0.15, 0.2) is 0 Å². The number of tetrazole rings is 1. The molecule has 2 aromatic carbocycles. The summed E-state index contributed by atoms with van der Waals surface area (Å²) in [5.74, 6) is 0.446. The highest BCUT2D eigenvalue weighted by atomic mass is 19.4. The summed E-state index contributed by atoms with van der Waals surface area (Å²) in [5.41, 5.74) is 2.89. The van der Waals surface area contributed by atoms with Crippen molar-refractivity contribution in [2.45, 2.75) is 26.1 Å². The van der Waals surface area contributed by atoms with Gasteiger partial charge in [-0.2, -0.15) is 18.4 Å². The molecule has 0 saturated carbocycles. The summed E-state index contributed by atoms with van der Waals surface area (Å²) >= 11 is 0. The van der Waals surface area contributed by atoms with Gasteiger partial charge in [-0.15, -0.1) is 10.2 Å². The minimum absolute atomic E-state index is 0.0478. The van der Waals surface area contributed by atoms with Gasteiger partial charge in [0.2, 0.25) is 5.82 Å². The topological polar surface area (TPSA) is 70.6 Å². The average molecular weight is 438 g/mol. The third kappa shape index (κ3) is 4.61. The first-order chi connectivity index (χ1) is 15.5. The number of halogens is 3. The molecule has 0 bridgehead atoms. The summed E-state index contributed by atoms with van der Waals surface area (Å²) in [4.78, 5) is 5.72. The van der Waals surface area contributed by atoms with E-state index in [1.807, 2.05) is 55.5 Å². The maximum Gasteiger partial charge on any atom is 0.419 e. The molecule has 32 heavy (non-hydrogen) atoms. The standard InChI is InChI=1S/C23H21F3N6/c1-2-14-32(22-20(23(24,25)26)8-5-13-27-22)15-16-9-11-17(12-10-16)18-6-3-4-7-19(18)21-28-30-31-29-21/h3-13H,2,14-15H2,1H3,(H,28,29,30,31). The van der Waals surface area contributed by atoms with Crippen molar-refractivity contribution < 1.29 is 13.2 Å². The van der Waals surface area contributed by atoms with E-state index in [0.29, 0.717) is 25.3 Å². The minimum atomic E-state index is -4.46. The zero-order valence-electron chi connectivity index (χ0n) is 17.3. The Bertz CT molecular complexity index is 1160. The molecular formula is C23H21F3N6. The Kier molecular flexibility index (Phi) is 6.16. The lowest BCUT2D eigenvalue weighted by Crippen LogP contribution is -2.27. The van der Waals surface area contributed by atoms with Crippen LogP contribution in [0.25, 0.3) is 22.5 Å². The molecule has 4 aromatic rings. The second-order valence-electron chi connectivity index (χ2n) is 7.27. The highest BCUT2D eigenvalue weighted by Gasteiger charge is 2.35. The predicted octanol–water partition coefficient (Wildman–Crippen LogP) is 5.36. The van der Waals surface area contributed by atoms with Crippen molar-refractivity contribution in [1.82, 2.24) is 25.6 Å². The molecule has 0 fully saturated rings. The number of aromatic amines is 1. The first-order valence-electron chi connectivity index (χ1n) is 10.2. The number of aromatic nitrogens is 5. The lowest BCUT2D eigenvalue weighted by molar-refractivity contribution is -0.137. The molecule has 0 atom stereocenters. The minimum Gasteiger partial charge on any atom is -0.352 e. The Morgan fingerprint density at radius 1 is 0.938 bits per heavy atom. The lowest BCUT2D eigenvalue weighted by atomic mass is 9.98. The SMILES string of the molecule is CCCN(Cc1ccc(-c2ccccc2-c2nn[nH]n2)cc1)c1ncccc1C(F)(F)F.